The molecule has 0 bridgehead atoms. The number of ether oxygens (including phenoxy) is 1. The van der Waals surface area contributed by atoms with Gasteiger partial charge in [0.1, 0.15) is 5.75 Å². The molecule has 0 aliphatic rings. The van der Waals surface area contributed by atoms with Crippen LogP contribution in [0.15, 0.2) is 29.8 Å². The van der Waals surface area contributed by atoms with Crippen molar-refractivity contribution in [3.63, 3.8) is 0 Å². The molecule has 4 heteroatoms. The quantitative estimate of drug-likeness (QED) is 0.809. The van der Waals surface area contributed by atoms with Crippen molar-refractivity contribution in [2.24, 2.45) is 5.92 Å². The van der Waals surface area contributed by atoms with E-state index in [4.69, 9.17) is 0 Å². The number of likely N-dealkylation sites (N-methyl/N-ethyl adjacent to an activating group) is 1. The lowest BCUT2D eigenvalue weighted by atomic mass is 10.00. The molecule has 0 amide bonds. The van der Waals surface area contributed by atoms with Gasteiger partial charge in [-0.25, -0.2) is 0 Å². The first kappa shape index (κ1) is 15.6. The van der Waals surface area contributed by atoms with Crippen LogP contribution in [0.25, 0.3) is 6.08 Å². The minimum atomic E-state index is -2.80. The van der Waals surface area contributed by atoms with E-state index in [2.05, 4.69) is 23.9 Å². The third kappa shape index (κ3) is 5.39. The summed E-state index contributed by atoms with van der Waals surface area (Å²) in [6, 6.07) is 6.85. The van der Waals surface area contributed by atoms with Crippen molar-refractivity contribution < 1.29 is 13.5 Å². The van der Waals surface area contributed by atoms with Gasteiger partial charge in [-0.1, -0.05) is 50.6 Å². The molecule has 2 nitrogen and oxygen atoms in total. The lowest BCUT2D eigenvalue weighted by Crippen LogP contribution is -2.18. The molecular formula is C15H21F2NO. The highest BCUT2D eigenvalue weighted by Gasteiger charge is 2.09. The van der Waals surface area contributed by atoms with Gasteiger partial charge in [-0.2, -0.15) is 8.78 Å². The maximum atomic E-state index is 12.3. The second-order valence-electron chi connectivity index (χ2n) is 4.57. The van der Waals surface area contributed by atoms with E-state index in [0.717, 1.165) is 18.7 Å². The van der Waals surface area contributed by atoms with Crippen LogP contribution in [0.5, 0.6) is 5.75 Å². The molecule has 0 heterocycles. The lowest BCUT2D eigenvalue weighted by molar-refractivity contribution is -0.0499. The maximum absolute atomic E-state index is 12.3. The summed E-state index contributed by atoms with van der Waals surface area (Å²) in [5.41, 5.74) is 1.84. The largest absolute Gasteiger partial charge is 0.434 e. The Hall–Kier alpha value is -1.42. The van der Waals surface area contributed by atoms with Crippen molar-refractivity contribution in [1.29, 1.82) is 0 Å². The Balaban J connectivity index is 2.99. The summed E-state index contributed by atoms with van der Waals surface area (Å²) in [7, 11) is 0. The van der Waals surface area contributed by atoms with Gasteiger partial charge in [0.25, 0.3) is 0 Å². The Morgan fingerprint density at radius 2 is 2.00 bits per heavy atom. The van der Waals surface area contributed by atoms with Gasteiger partial charge < -0.3 is 10.1 Å². The van der Waals surface area contributed by atoms with Crippen molar-refractivity contribution in [2.75, 3.05) is 13.1 Å². The molecule has 106 valence electrons. The molecule has 0 saturated heterocycles. The molecule has 0 aliphatic carbocycles. The lowest BCUT2D eigenvalue weighted by Gasteiger charge is -2.14. The van der Waals surface area contributed by atoms with Crippen LogP contribution in [0.1, 0.15) is 26.3 Å². The molecule has 0 fully saturated rings. The minimum Gasteiger partial charge on any atom is -0.434 e. The molecule has 0 spiro atoms. The zero-order valence-electron chi connectivity index (χ0n) is 11.6. The van der Waals surface area contributed by atoms with Crippen LogP contribution in [0, 0.1) is 5.92 Å². The number of para-hydroxylation sites is 1. The number of benzene rings is 1. The summed E-state index contributed by atoms with van der Waals surface area (Å²) in [5.74, 6) is 0.561. The third-order valence-electron chi connectivity index (χ3n) is 2.80. The number of rotatable bonds is 7. The summed E-state index contributed by atoms with van der Waals surface area (Å²) in [6.45, 7) is 5.02. The molecular weight excluding hydrogens is 248 g/mol. The molecule has 0 radical (unpaired) electrons. The average Bonchev–Trinajstić information content (AvgIpc) is 2.35. The molecule has 0 aliphatic heterocycles. The summed E-state index contributed by atoms with van der Waals surface area (Å²) in [5, 5.41) is 3.25. The smallest absolute Gasteiger partial charge is 0.387 e. The van der Waals surface area contributed by atoms with Crippen LogP contribution in [-0.2, 0) is 0 Å². The van der Waals surface area contributed by atoms with E-state index in [1.165, 1.54) is 0 Å². The molecule has 1 aromatic carbocycles. The molecule has 1 aromatic rings. The van der Waals surface area contributed by atoms with E-state index >= 15 is 0 Å². The average molecular weight is 269 g/mol. The van der Waals surface area contributed by atoms with Crippen molar-refractivity contribution in [3.05, 3.63) is 35.4 Å². The molecule has 1 rings (SSSR count). The zero-order chi connectivity index (χ0) is 14.3. The Morgan fingerprint density at radius 1 is 1.32 bits per heavy atom. The normalized spacial score (nSPS) is 12.3. The summed E-state index contributed by atoms with van der Waals surface area (Å²) >= 11 is 0. The number of hydrogen-bond acceptors (Lipinski definition) is 2. The van der Waals surface area contributed by atoms with Gasteiger partial charge in [0.15, 0.2) is 0 Å². The van der Waals surface area contributed by atoms with Crippen LogP contribution in [0.4, 0.5) is 8.78 Å². The third-order valence-corrected chi connectivity index (χ3v) is 2.80. The monoisotopic (exact) mass is 269 g/mol. The summed E-state index contributed by atoms with van der Waals surface area (Å²) in [6.07, 6.45) is 1.92. The molecule has 0 atom stereocenters. The van der Waals surface area contributed by atoms with Crippen LogP contribution >= 0.6 is 0 Å². The highest BCUT2D eigenvalue weighted by Crippen LogP contribution is 2.24. The highest BCUT2D eigenvalue weighted by atomic mass is 19.3. The van der Waals surface area contributed by atoms with E-state index in [1.807, 2.05) is 19.1 Å². The SMILES string of the molecule is CCNCC(=Cc1ccccc1OC(F)F)C(C)C. The fourth-order valence-corrected chi connectivity index (χ4v) is 1.69. The predicted octanol–water partition coefficient (Wildman–Crippen LogP) is 3.94. The zero-order valence-corrected chi connectivity index (χ0v) is 11.6. The van der Waals surface area contributed by atoms with E-state index in [-0.39, 0.29) is 5.75 Å². The minimum absolute atomic E-state index is 0.215. The van der Waals surface area contributed by atoms with E-state index < -0.39 is 6.61 Å². The van der Waals surface area contributed by atoms with Gasteiger partial charge in [-0.3, -0.25) is 0 Å². The van der Waals surface area contributed by atoms with Gasteiger partial charge in [-0.15, -0.1) is 0 Å². The van der Waals surface area contributed by atoms with E-state index in [0.29, 0.717) is 11.5 Å². The summed E-state index contributed by atoms with van der Waals surface area (Å²) < 4.78 is 29.2. The molecule has 1 N–H and O–H groups in total. The van der Waals surface area contributed by atoms with Crippen LogP contribution in [-0.4, -0.2) is 19.7 Å². The Labute approximate surface area is 113 Å². The van der Waals surface area contributed by atoms with E-state index in [9.17, 15) is 8.78 Å². The number of halogens is 2. The van der Waals surface area contributed by atoms with E-state index in [1.54, 1.807) is 18.2 Å². The molecule has 19 heavy (non-hydrogen) atoms. The Kier molecular flexibility index (Phi) is 6.50. The van der Waals surface area contributed by atoms with Crippen LogP contribution < -0.4 is 10.1 Å². The van der Waals surface area contributed by atoms with Gasteiger partial charge >= 0.3 is 6.61 Å². The Morgan fingerprint density at radius 3 is 2.58 bits per heavy atom. The number of alkyl halides is 2. The summed E-state index contributed by atoms with van der Waals surface area (Å²) in [4.78, 5) is 0. The first-order chi connectivity index (χ1) is 9.04. The molecule has 0 saturated carbocycles. The highest BCUT2D eigenvalue weighted by molar-refractivity contribution is 5.60. The topological polar surface area (TPSA) is 21.3 Å². The first-order valence-electron chi connectivity index (χ1n) is 6.49. The van der Waals surface area contributed by atoms with Crippen molar-refractivity contribution in [2.45, 2.75) is 27.4 Å². The van der Waals surface area contributed by atoms with Crippen LogP contribution in [0.3, 0.4) is 0 Å². The van der Waals surface area contributed by atoms with Gasteiger partial charge in [0.2, 0.25) is 0 Å². The van der Waals surface area contributed by atoms with Crippen molar-refractivity contribution in [1.82, 2.24) is 5.32 Å². The first-order valence-corrected chi connectivity index (χ1v) is 6.49. The van der Waals surface area contributed by atoms with Crippen molar-refractivity contribution >= 4 is 6.08 Å². The van der Waals surface area contributed by atoms with Crippen molar-refractivity contribution in [3.8, 4) is 5.75 Å². The maximum Gasteiger partial charge on any atom is 0.387 e. The fourth-order valence-electron chi connectivity index (χ4n) is 1.69. The second kappa shape index (κ2) is 7.89. The Bertz CT molecular complexity index is 416. The van der Waals surface area contributed by atoms with Crippen LogP contribution in [0.2, 0.25) is 0 Å². The van der Waals surface area contributed by atoms with Gasteiger partial charge in [-0.05, 0) is 18.5 Å². The predicted molar refractivity (Wildman–Crippen MR) is 74.4 cm³/mol. The van der Waals surface area contributed by atoms with Gasteiger partial charge in [0, 0.05) is 12.1 Å². The number of hydrogen-bond donors (Lipinski definition) is 1. The molecule has 0 unspecified atom stereocenters. The second-order valence-corrected chi connectivity index (χ2v) is 4.57. The van der Waals surface area contributed by atoms with Gasteiger partial charge in [0.05, 0.1) is 0 Å². The number of nitrogens with one attached hydrogen (secondary N) is 1. The fraction of sp³-hybridized carbons (Fsp3) is 0.467. The molecule has 0 aromatic heterocycles. The standard InChI is InChI=1S/C15H21F2NO/c1-4-18-10-13(11(2)3)9-12-7-5-6-8-14(12)19-15(16)17/h5-9,11,15,18H,4,10H2,1-3H3.